The van der Waals surface area contributed by atoms with E-state index in [9.17, 15) is 14.4 Å². The Morgan fingerprint density at radius 3 is 2.40 bits per heavy atom. The number of carbonyl (C=O) groups is 2. The monoisotopic (exact) mass is 280 g/mol. The number of nitrogens with zero attached hydrogens (tertiary/aromatic N) is 1. The van der Waals surface area contributed by atoms with Crippen molar-refractivity contribution in [2.45, 2.75) is 33.2 Å². The van der Waals surface area contributed by atoms with E-state index in [0.717, 1.165) is 11.4 Å². The summed E-state index contributed by atoms with van der Waals surface area (Å²) in [5, 5.41) is 2.73. The van der Waals surface area contributed by atoms with Crippen LogP contribution >= 0.6 is 0 Å². The van der Waals surface area contributed by atoms with E-state index in [-0.39, 0.29) is 30.3 Å². The number of ether oxygens (including phenoxy) is 1. The van der Waals surface area contributed by atoms with E-state index in [4.69, 9.17) is 0 Å². The molecule has 1 rings (SSSR count). The van der Waals surface area contributed by atoms with Gasteiger partial charge in [-0.15, -0.1) is 0 Å². The second-order valence-electron chi connectivity index (χ2n) is 4.59. The van der Waals surface area contributed by atoms with Crippen LogP contribution in [0.5, 0.6) is 0 Å². The molecule has 0 aliphatic carbocycles. The summed E-state index contributed by atoms with van der Waals surface area (Å²) < 4.78 is 6.29. The topological polar surface area (TPSA) is 77.4 Å². The van der Waals surface area contributed by atoms with Crippen LogP contribution < -0.4 is 10.7 Å². The van der Waals surface area contributed by atoms with Crippen LogP contribution in [0.2, 0.25) is 0 Å². The van der Waals surface area contributed by atoms with E-state index in [0.29, 0.717) is 13.0 Å². The van der Waals surface area contributed by atoms with Gasteiger partial charge in [-0.25, -0.2) is 0 Å². The maximum Gasteiger partial charge on any atom is 0.305 e. The summed E-state index contributed by atoms with van der Waals surface area (Å²) in [6.07, 6.45) is 0.827. The average Bonchev–Trinajstić information content (AvgIpc) is 2.38. The lowest BCUT2D eigenvalue weighted by atomic mass is 10.3. The van der Waals surface area contributed by atoms with E-state index in [2.05, 4.69) is 10.1 Å². The van der Waals surface area contributed by atoms with Gasteiger partial charge in [0.05, 0.1) is 7.11 Å². The Morgan fingerprint density at radius 1 is 1.25 bits per heavy atom. The highest BCUT2D eigenvalue weighted by molar-refractivity contribution is 5.76. The minimum Gasteiger partial charge on any atom is -0.469 e. The summed E-state index contributed by atoms with van der Waals surface area (Å²) in [6.45, 7) is 4.17. The first-order valence-corrected chi connectivity index (χ1v) is 6.45. The maximum atomic E-state index is 11.8. The lowest BCUT2D eigenvalue weighted by molar-refractivity contribution is -0.140. The van der Waals surface area contributed by atoms with Crippen LogP contribution in [0.1, 0.15) is 24.2 Å². The maximum absolute atomic E-state index is 11.8. The van der Waals surface area contributed by atoms with Crippen molar-refractivity contribution >= 4 is 11.9 Å². The summed E-state index contributed by atoms with van der Waals surface area (Å²) in [7, 11) is 1.34. The number of hydrogen-bond acceptors (Lipinski definition) is 4. The zero-order valence-electron chi connectivity index (χ0n) is 12.1. The minimum atomic E-state index is -0.286. The van der Waals surface area contributed by atoms with Crippen LogP contribution in [-0.4, -0.2) is 30.1 Å². The average molecular weight is 280 g/mol. The van der Waals surface area contributed by atoms with E-state index >= 15 is 0 Å². The molecule has 0 saturated carbocycles. The highest BCUT2D eigenvalue weighted by Gasteiger charge is 2.07. The number of aromatic nitrogens is 1. The first-order valence-electron chi connectivity index (χ1n) is 6.45. The predicted octanol–water partition coefficient (Wildman–Crippen LogP) is 0.535. The van der Waals surface area contributed by atoms with Gasteiger partial charge >= 0.3 is 5.97 Å². The molecule has 0 fully saturated rings. The van der Waals surface area contributed by atoms with Crippen molar-refractivity contribution in [1.29, 1.82) is 0 Å². The summed E-state index contributed by atoms with van der Waals surface area (Å²) in [6, 6.07) is 3.00. The SMILES string of the molecule is COC(=O)CCCNC(=O)Cn1c(C)cc(=O)cc1C. The van der Waals surface area contributed by atoms with E-state index in [1.54, 1.807) is 18.4 Å². The first kappa shape index (κ1) is 15.9. The highest BCUT2D eigenvalue weighted by atomic mass is 16.5. The van der Waals surface area contributed by atoms with Crippen molar-refractivity contribution in [3.8, 4) is 0 Å². The van der Waals surface area contributed by atoms with Crippen molar-refractivity contribution in [3.05, 3.63) is 33.7 Å². The van der Waals surface area contributed by atoms with Crippen molar-refractivity contribution in [2.75, 3.05) is 13.7 Å². The second-order valence-corrected chi connectivity index (χ2v) is 4.59. The standard InChI is InChI=1S/C14H20N2O4/c1-10-7-12(17)8-11(2)16(10)9-13(18)15-6-4-5-14(19)20-3/h7-8H,4-6,9H2,1-3H3,(H,15,18). The Balaban J connectivity index is 2.47. The van der Waals surface area contributed by atoms with Crippen LogP contribution in [0.3, 0.4) is 0 Å². The molecule has 6 nitrogen and oxygen atoms in total. The number of rotatable bonds is 6. The summed E-state index contributed by atoms with van der Waals surface area (Å²) >= 11 is 0. The molecule has 1 aromatic heterocycles. The Hall–Kier alpha value is -2.11. The third-order valence-electron chi connectivity index (χ3n) is 2.96. The van der Waals surface area contributed by atoms with Crippen molar-refractivity contribution in [2.24, 2.45) is 0 Å². The molecule has 1 amide bonds. The minimum absolute atomic E-state index is 0.0604. The Bertz CT molecular complexity index is 522. The molecule has 0 aromatic carbocycles. The van der Waals surface area contributed by atoms with Gasteiger partial charge in [0.25, 0.3) is 0 Å². The van der Waals surface area contributed by atoms with E-state index < -0.39 is 0 Å². The fourth-order valence-electron chi connectivity index (χ4n) is 1.90. The lowest BCUT2D eigenvalue weighted by Gasteiger charge is -2.13. The van der Waals surface area contributed by atoms with Crippen LogP contribution in [0.15, 0.2) is 16.9 Å². The van der Waals surface area contributed by atoms with Gasteiger partial charge in [0, 0.05) is 36.5 Å². The fraction of sp³-hybridized carbons (Fsp3) is 0.500. The molecule has 0 aliphatic heterocycles. The second kappa shape index (κ2) is 7.47. The van der Waals surface area contributed by atoms with Gasteiger partial charge in [-0.05, 0) is 20.3 Å². The van der Waals surface area contributed by atoms with Crippen LogP contribution in [0.25, 0.3) is 0 Å². The lowest BCUT2D eigenvalue weighted by Crippen LogP contribution is -2.30. The summed E-state index contributed by atoms with van der Waals surface area (Å²) in [4.78, 5) is 34.0. The number of aryl methyl sites for hydroxylation is 2. The Morgan fingerprint density at radius 2 is 1.85 bits per heavy atom. The quantitative estimate of drug-likeness (QED) is 0.609. The predicted molar refractivity (Wildman–Crippen MR) is 74.4 cm³/mol. The molecular formula is C14H20N2O4. The third kappa shape index (κ3) is 4.87. The molecule has 1 N–H and O–H groups in total. The molecule has 1 heterocycles. The van der Waals surface area contributed by atoms with E-state index in [1.807, 2.05) is 0 Å². The number of esters is 1. The van der Waals surface area contributed by atoms with Crippen molar-refractivity contribution in [1.82, 2.24) is 9.88 Å². The molecule has 0 aliphatic rings. The number of hydrogen-bond donors (Lipinski definition) is 1. The van der Waals surface area contributed by atoms with Gasteiger partial charge in [0.2, 0.25) is 5.91 Å². The van der Waals surface area contributed by atoms with Gasteiger partial charge < -0.3 is 14.6 Å². The number of carbonyl (C=O) groups excluding carboxylic acids is 2. The zero-order chi connectivity index (χ0) is 15.1. The van der Waals surface area contributed by atoms with Crippen molar-refractivity contribution < 1.29 is 14.3 Å². The smallest absolute Gasteiger partial charge is 0.305 e. The van der Waals surface area contributed by atoms with Gasteiger partial charge in [-0.1, -0.05) is 0 Å². The molecule has 0 spiro atoms. The molecule has 20 heavy (non-hydrogen) atoms. The summed E-state index contributed by atoms with van der Waals surface area (Å²) in [5.41, 5.74) is 1.44. The molecule has 0 bridgehead atoms. The van der Waals surface area contributed by atoms with Gasteiger partial charge in [0.1, 0.15) is 6.54 Å². The number of nitrogens with one attached hydrogen (secondary N) is 1. The Kier molecular flexibility index (Phi) is 5.96. The van der Waals surface area contributed by atoms with Crippen LogP contribution in [0.4, 0.5) is 0 Å². The molecule has 0 atom stereocenters. The summed E-state index contributed by atoms with van der Waals surface area (Å²) in [5.74, 6) is -0.434. The molecule has 0 saturated heterocycles. The Labute approximate surface area is 117 Å². The largest absolute Gasteiger partial charge is 0.469 e. The van der Waals surface area contributed by atoms with E-state index in [1.165, 1.54) is 19.2 Å². The number of amides is 1. The van der Waals surface area contributed by atoms with Gasteiger partial charge in [-0.3, -0.25) is 14.4 Å². The van der Waals surface area contributed by atoms with Crippen LogP contribution in [0, 0.1) is 13.8 Å². The molecule has 0 radical (unpaired) electrons. The molecule has 1 aromatic rings. The molecule has 110 valence electrons. The normalized spacial score (nSPS) is 10.2. The third-order valence-corrected chi connectivity index (χ3v) is 2.96. The van der Waals surface area contributed by atoms with Crippen LogP contribution in [-0.2, 0) is 20.9 Å². The number of methoxy groups -OCH3 is 1. The highest BCUT2D eigenvalue weighted by Crippen LogP contribution is 2.01. The number of pyridine rings is 1. The van der Waals surface area contributed by atoms with Crippen molar-refractivity contribution in [3.63, 3.8) is 0 Å². The van der Waals surface area contributed by atoms with Gasteiger partial charge in [0.15, 0.2) is 5.43 Å². The molecular weight excluding hydrogens is 260 g/mol. The van der Waals surface area contributed by atoms with Gasteiger partial charge in [-0.2, -0.15) is 0 Å². The first-order chi connectivity index (χ1) is 9.43. The molecule has 0 unspecified atom stereocenters. The fourth-order valence-corrected chi connectivity index (χ4v) is 1.90. The zero-order valence-corrected chi connectivity index (χ0v) is 12.1. The molecule has 6 heteroatoms.